The Morgan fingerprint density at radius 2 is 2.17 bits per heavy atom. The maximum absolute atomic E-state index is 5.86. The number of ether oxygens (including phenoxy) is 1. The molecule has 0 N–H and O–H groups in total. The molecule has 0 amide bonds. The van der Waals surface area contributed by atoms with E-state index in [4.69, 9.17) is 16.3 Å². The van der Waals surface area contributed by atoms with Crippen molar-refractivity contribution in [1.82, 2.24) is 0 Å². The van der Waals surface area contributed by atoms with Crippen molar-refractivity contribution < 1.29 is 4.74 Å². The Kier molecular flexibility index (Phi) is 1.58. The summed E-state index contributed by atoms with van der Waals surface area (Å²) in [6, 6.07) is 5.78. The summed E-state index contributed by atoms with van der Waals surface area (Å²) in [4.78, 5) is 0. The summed E-state index contributed by atoms with van der Waals surface area (Å²) in [6.07, 6.45) is 0.947. The van der Waals surface area contributed by atoms with Gasteiger partial charge in [-0.25, -0.2) is 0 Å². The molecule has 0 radical (unpaired) electrons. The highest BCUT2D eigenvalue weighted by molar-refractivity contribution is 6.30. The van der Waals surface area contributed by atoms with Crippen LogP contribution >= 0.6 is 11.6 Å². The highest BCUT2D eigenvalue weighted by atomic mass is 35.5. The second kappa shape index (κ2) is 2.40. The Balaban J connectivity index is 2.43. The molecule has 0 spiro atoms. The van der Waals surface area contributed by atoms with Gasteiger partial charge in [-0.05, 0) is 37.6 Å². The van der Waals surface area contributed by atoms with Gasteiger partial charge >= 0.3 is 0 Å². The van der Waals surface area contributed by atoms with Crippen LogP contribution in [0.25, 0.3) is 0 Å². The summed E-state index contributed by atoms with van der Waals surface area (Å²) < 4.78 is 5.69. The molecule has 0 aromatic heterocycles. The van der Waals surface area contributed by atoms with E-state index in [1.807, 2.05) is 18.2 Å². The summed E-state index contributed by atoms with van der Waals surface area (Å²) in [5.41, 5.74) is 1.15. The molecule has 64 valence electrons. The summed E-state index contributed by atoms with van der Waals surface area (Å²) in [5.74, 6) is 0.976. The van der Waals surface area contributed by atoms with E-state index >= 15 is 0 Å². The average molecular weight is 183 g/mol. The first-order valence-corrected chi connectivity index (χ1v) is 4.42. The maximum Gasteiger partial charge on any atom is 0.123 e. The fraction of sp³-hybridized carbons (Fsp3) is 0.400. The molecule has 1 nitrogen and oxygen atoms in total. The van der Waals surface area contributed by atoms with Crippen molar-refractivity contribution >= 4 is 11.6 Å². The molecule has 1 aromatic carbocycles. The first-order valence-electron chi connectivity index (χ1n) is 4.04. The molecule has 12 heavy (non-hydrogen) atoms. The van der Waals surface area contributed by atoms with Crippen molar-refractivity contribution in [2.24, 2.45) is 0 Å². The van der Waals surface area contributed by atoms with Gasteiger partial charge in [0, 0.05) is 11.4 Å². The predicted molar refractivity (Wildman–Crippen MR) is 49.9 cm³/mol. The minimum atomic E-state index is -0.0625. The molecule has 0 bridgehead atoms. The van der Waals surface area contributed by atoms with Gasteiger partial charge in [-0.1, -0.05) is 11.6 Å². The molecule has 0 atom stereocenters. The molecule has 0 fully saturated rings. The number of benzene rings is 1. The topological polar surface area (TPSA) is 9.23 Å². The number of fused-ring (bicyclic) bond motifs is 1. The number of halogens is 1. The molecule has 0 saturated heterocycles. The van der Waals surface area contributed by atoms with Gasteiger partial charge in [0.25, 0.3) is 0 Å². The fourth-order valence-corrected chi connectivity index (χ4v) is 1.77. The zero-order valence-corrected chi connectivity index (χ0v) is 7.98. The number of rotatable bonds is 0. The van der Waals surface area contributed by atoms with Crippen molar-refractivity contribution in [3.8, 4) is 5.75 Å². The monoisotopic (exact) mass is 182 g/mol. The Hall–Kier alpha value is -0.690. The molecular formula is C10H11ClO. The molecule has 2 heteroatoms. The molecule has 1 heterocycles. The Labute approximate surface area is 77.3 Å². The minimum absolute atomic E-state index is 0.0625. The van der Waals surface area contributed by atoms with Crippen LogP contribution in [0, 0.1) is 0 Å². The zero-order chi connectivity index (χ0) is 8.77. The van der Waals surface area contributed by atoms with Crippen LogP contribution in [0.5, 0.6) is 5.75 Å². The molecular weight excluding hydrogens is 172 g/mol. The molecule has 1 aliphatic rings. The van der Waals surface area contributed by atoms with Crippen molar-refractivity contribution in [3.63, 3.8) is 0 Å². The van der Waals surface area contributed by atoms with Crippen LogP contribution < -0.4 is 4.74 Å². The van der Waals surface area contributed by atoms with E-state index in [0.29, 0.717) is 0 Å². The van der Waals surface area contributed by atoms with E-state index in [2.05, 4.69) is 13.8 Å². The number of hydrogen-bond donors (Lipinski definition) is 0. The summed E-state index contributed by atoms with van der Waals surface area (Å²) in [7, 11) is 0. The van der Waals surface area contributed by atoms with Gasteiger partial charge in [0.1, 0.15) is 11.4 Å². The SMILES string of the molecule is CC1(C)Cc2cc(Cl)ccc2O1. The van der Waals surface area contributed by atoms with Crippen molar-refractivity contribution in [1.29, 1.82) is 0 Å². The molecule has 0 saturated carbocycles. The third-order valence-corrected chi connectivity index (χ3v) is 2.26. The van der Waals surface area contributed by atoms with Crippen LogP contribution in [0.3, 0.4) is 0 Å². The molecule has 0 aliphatic carbocycles. The van der Waals surface area contributed by atoms with Crippen LogP contribution in [-0.2, 0) is 6.42 Å². The normalized spacial score (nSPS) is 18.6. The average Bonchev–Trinajstić information content (AvgIpc) is 2.21. The predicted octanol–water partition coefficient (Wildman–Crippen LogP) is 3.05. The van der Waals surface area contributed by atoms with Gasteiger partial charge in [-0.15, -0.1) is 0 Å². The van der Waals surface area contributed by atoms with Crippen LogP contribution in [-0.4, -0.2) is 5.60 Å². The second-order valence-corrected chi connectivity index (χ2v) is 4.23. The maximum atomic E-state index is 5.86. The molecule has 1 aliphatic heterocycles. The van der Waals surface area contributed by atoms with Crippen molar-refractivity contribution in [2.45, 2.75) is 25.9 Å². The fourth-order valence-electron chi connectivity index (χ4n) is 1.58. The molecule has 2 rings (SSSR count). The highest BCUT2D eigenvalue weighted by Gasteiger charge is 2.29. The molecule has 1 aromatic rings. The quantitative estimate of drug-likeness (QED) is 0.599. The Morgan fingerprint density at radius 1 is 1.42 bits per heavy atom. The van der Waals surface area contributed by atoms with Crippen LogP contribution in [0.2, 0.25) is 5.02 Å². The third kappa shape index (κ3) is 1.29. The summed E-state index contributed by atoms with van der Waals surface area (Å²) >= 11 is 5.86. The lowest BCUT2D eigenvalue weighted by molar-refractivity contribution is 0.138. The van der Waals surface area contributed by atoms with E-state index in [1.165, 1.54) is 5.56 Å². The van der Waals surface area contributed by atoms with Gasteiger partial charge in [0.05, 0.1) is 0 Å². The van der Waals surface area contributed by atoms with Gasteiger partial charge < -0.3 is 4.74 Å². The van der Waals surface area contributed by atoms with Crippen molar-refractivity contribution in [3.05, 3.63) is 28.8 Å². The second-order valence-electron chi connectivity index (χ2n) is 3.79. The highest BCUT2D eigenvalue weighted by Crippen LogP contribution is 2.35. The van der Waals surface area contributed by atoms with Gasteiger partial charge in [0.2, 0.25) is 0 Å². The van der Waals surface area contributed by atoms with Gasteiger partial charge in [-0.3, -0.25) is 0 Å². The molecule has 0 unspecified atom stereocenters. The van der Waals surface area contributed by atoms with E-state index in [1.54, 1.807) is 0 Å². The lowest BCUT2D eigenvalue weighted by Gasteiger charge is -2.16. The van der Waals surface area contributed by atoms with Gasteiger partial charge in [-0.2, -0.15) is 0 Å². The first kappa shape index (κ1) is 7.93. The van der Waals surface area contributed by atoms with E-state index < -0.39 is 0 Å². The van der Waals surface area contributed by atoms with Crippen LogP contribution in [0.1, 0.15) is 19.4 Å². The lowest BCUT2D eigenvalue weighted by atomic mass is 10.0. The summed E-state index contributed by atoms with van der Waals surface area (Å²) in [5, 5.41) is 0.787. The Morgan fingerprint density at radius 3 is 2.92 bits per heavy atom. The lowest BCUT2D eigenvalue weighted by Crippen LogP contribution is -2.24. The smallest absolute Gasteiger partial charge is 0.123 e. The van der Waals surface area contributed by atoms with E-state index in [9.17, 15) is 0 Å². The largest absolute Gasteiger partial charge is 0.487 e. The van der Waals surface area contributed by atoms with Gasteiger partial charge in [0.15, 0.2) is 0 Å². The zero-order valence-electron chi connectivity index (χ0n) is 7.23. The Bertz CT molecular complexity index is 318. The van der Waals surface area contributed by atoms with E-state index in [0.717, 1.165) is 17.2 Å². The van der Waals surface area contributed by atoms with Crippen LogP contribution in [0.4, 0.5) is 0 Å². The van der Waals surface area contributed by atoms with Crippen molar-refractivity contribution in [2.75, 3.05) is 0 Å². The number of hydrogen-bond acceptors (Lipinski definition) is 1. The van der Waals surface area contributed by atoms with Crippen LogP contribution in [0.15, 0.2) is 18.2 Å². The third-order valence-electron chi connectivity index (χ3n) is 2.02. The standard InChI is InChI=1S/C10H11ClO/c1-10(2)6-7-5-8(11)3-4-9(7)12-10/h3-5H,6H2,1-2H3. The first-order chi connectivity index (χ1) is 5.57. The van der Waals surface area contributed by atoms with E-state index in [-0.39, 0.29) is 5.60 Å². The summed E-state index contributed by atoms with van der Waals surface area (Å²) in [6.45, 7) is 4.17. The minimum Gasteiger partial charge on any atom is -0.487 e.